The van der Waals surface area contributed by atoms with Gasteiger partial charge in [-0.25, -0.2) is 0 Å². The molecule has 1 heterocycles. The topological polar surface area (TPSA) is 75.0 Å². The fourth-order valence-corrected chi connectivity index (χ4v) is 1.45. The van der Waals surface area contributed by atoms with E-state index in [1.54, 1.807) is 11.9 Å². The van der Waals surface area contributed by atoms with Gasteiger partial charge in [0.2, 0.25) is 0 Å². The Labute approximate surface area is 89.6 Å². The summed E-state index contributed by atoms with van der Waals surface area (Å²) in [6, 6.07) is 0.213. The van der Waals surface area contributed by atoms with Gasteiger partial charge in [-0.05, 0) is 13.3 Å². The molecule has 0 bridgehead atoms. The highest BCUT2D eigenvalue weighted by Gasteiger charge is 2.20. The van der Waals surface area contributed by atoms with Gasteiger partial charge in [0.05, 0.1) is 11.9 Å². The molecule has 1 unspecified atom stereocenters. The Morgan fingerprint density at radius 1 is 1.73 bits per heavy atom. The van der Waals surface area contributed by atoms with E-state index in [1.165, 1.54) is 6.20 Å². The van der Waals surface area contributed by atoms with Crippen molar-refractivity contribution >= 4 is 11.6 Å². The zero-order valence-electron chi connectivity index (χ0n) is 9.45. The van der Waals surface area contributed by atoms with Gasteiger partial charge in [0.15, 0.2) is 0 Å². The minimum absolute atomic E-state index is 0.106. The van der Waals surface area contributed by atoms with Crippen LogP contribution < -0.4 is 5.73 Å². The summed E-state index contributed by atoms with van der Waals surface area (Å²) in [6.45, 7) is 4.12. The van der Waals surface area contributed by atoms with Gasteiger partial charge in [0, 0.05) is 13.1 Å². The summed E-state index contributed by atoms with van der Waals surface area (Å²) in [5.41, 5.74) is 6.39. The van der Waals surface area contributed by atoms with Crippen molar-refractivity contribution in [1.29, 1.82) is 0 Å². The van der Waals surface area contributed by atoms with E-state index in [-0.39, 0.29) is 11.9 Å². The lowest BCUT2D eigenvalue weighted by Crippen LogP contribution is -2.35. The lowest BCUT2D eigenvalue weighted by atomic mass is 10.1. The fourth-order valence-electron chi connectivity index (χ4n) is 1.45. The summed E-state index contributed by atoms with van der Waals surface area (Å²) in [7, 11) is 1.78. The molecular weight excluding hydrogens is 192 g/mol. The molecule has 15 heavy (non-hydrogen) atoms. The summed E-state index contributed by atoms with van der Waals surface area (Å²) < 4.78 is 0. The summed E-state index contributed by atoms with van der Waals surface area (Å²) >= 11 is 0. The number of carbonyl (C=O) groups is 1. The Hall–Kier alpha value is -1.52. The molecule has 1 aromatic heterocycles. The largest absolute Gasteiger partial charge is 0.396 e. The average Bonchev–Trinajstić information content (AvgIpc) is 2.62. The number of nitrogens with zero attached hydrogens (tertiary/aromatic N) is 2. The molecule has 1 amide bonds. The maximum atomic E-state index is 11.9. The van der Waals surface area contributed by atoms with E-state index < -0.39 is 0 Å². The predicted molar refractivity (Wildman–Crippen MR) is 59.5 cm³/mol. The minimum atomic E-state index is -0.106. The van der Waals surface area contributed by atoms with Crippen molar-refractivity contribution in [2.75, 3.05) is 12.8 Å². The van der Waals surface area contributed by atoms with Crippen molar-refractivity contribution < 1.29 is 4.79 Å². The number of hydrogen-bond donors (Lipinski definition) is 2. The first kappa shape index (κ1) is 11.6. The summed E-state index contributed by atoms with van der Waals surface area (Å²) in [5.74, 6) is -0.106. The van der Waals surface area contributed by atoms with Crippen LogP contribution in [0.2, 0.25) is 0 Å². The van der Waals surface area contributed by atoms with Crippen LogP contribution >= 0.6 is 0 Å². The van der Waals surface area contributed by atoms with Crippen LogP contribution in [-0.2, 0) is 0 Å². The third-order valence-corrected chi connectivity index (χ3v) is 2.57. The van der Waals surface area contributed by atoms with Gasteiger partial charge >= 0.3 is 0 Å². The number of carbonyl (C=O) groups excluding carboxylic acids is 1. The van der Waals surface area contributed by atoms with Crippen molar-refractivity contribution in [3.05, 3.63) is 11.9 Å². The van der Waals surface area contributed by atoms with E-state index in [4.69, 9.17) is 5.73 Å². The molecule has 0 radical (unpaired) electrons. The maximum absolute atomic E-state index is 11.9. The molecule has 0 aliphatic carbocycles. The first-order valence-corrected chi connectivity index (χ1v) is 5.14. The Kier molecular flexibility index (Phi) is 3.71. The summed E-state index contributed by atoms with van der Waals surface area (Å²) in [6.07, 6.45) is 3.49. The third-order valence-electron chi connectivity index (χ3n) is 2.57. The van der Waals surface area contributed by atoms with Gasteiger partial charge in [0.25, 0.3) is 5.91 Å². The minimum Gasteiger partial charge on any atom is -0.396 e. The molecule has 0 aromatic carbocycles. The second-order valence-electron chi connectivity index (χ2n) is 3.75. The standard InChI is InChI=1S/C10H18N4O/c1-4-5-7(2)14(3)10(15)9-8(11)6-12-13-9/h6-7H,4-5,11H2,1-3H3,(H,12,13). The maximum Gasteiger partial charge on any atom is 0.273 e. The van der Waals surface area contributed by atoms with Crippen molar-refractivity contribution in [3.8, 4) is 0 Å². The zero-order valence-corrected chi connectivity index (χ0v) is 9.45. The molecule has 0 fully saturated rings. The molecule has 0 spiro atoms. The Bertz CT molecular complexity index is 334. The summed E-state index contributed by atoms with van der Waals surface area (Å²) in [4.78, 5) is 13.6. The highest BCUT2D eigenvalue weighted by Crippen LogP contribution is 2.12. The number of hydrogen-bond acceptors (Lipinski definition) is 3. The second kappa shape index (κ2) is 4.82. The average molecular weight is 210 g/mol. The number of nitrogens with two attached hydrogens (primary N) is 1. The number of rotatable bonds is 4. The van der Waals surface area contributed by atoms with Crippen molar-refractivity contribution in [1.82, 2.24) is 15.1 Å². The number of nitrogens with one attached hydrogen (secondary N) is 1. The normalized spacial score (nSPS) is 12.5. The number of aromatic nitrogens is 2. The van der Waals surface area contributed by atoms with E-state index in [9.17, 15) is 4.79 Å². The van der Waals surface area contributed by atoms with Gasteiger partial charge in [0.1, 0.15) is 5.69 Å². The van der Waals surface area contributed by atoms with E-state index >= 15 is 0 Å². The molecule has 1 rings (SSSR count). The number of anilines is 1. The van der Waals surface area contributed by atoms with Gasteiger partial charge in [-0.1, -0.05) is 13.3 Å². The lowest BCUT2D eigenvalue weighted by Gasteiger charge is -2.24. The molecule has 0 saturated carbocycles. The Morgan fingerprint density at radius 2 is 2.40 bits per heavy atom. The first-order chi connectivity index (χ1) is 7.07. The van der Waals surface area contributed by atoms with Crippen LogP contribution in [0.3, 0.4) is 0 Å². The van der Waals surface area contributed by atoms with Crippen LogP contribution in [0.25, 0.3) is 0 Å². The smallest absolute Gasteiger partial charge is 0.273 e. The van der Waals surface area contributed by atoms with Crippen molar-refractivity contribution in [2.24, 2.45) is 0 Å². The number of amides is 1. The van der Waals surface area contributed by atoms with Crippen LogP contribution in [0.4, 0.5) is 5.69 Å². The Morgan fingerprint density at radius 3 is 2.87 bits per heavy atom. The SMILES string of the molecule is CCCC(C)N(C)C(=O)c1[nH]ncc1N. The summed E-state index contributed by atoms with van der Waals surface area (Å²) in [5, 5.41) is 6.35. The van der Waals surface area contributed by atoms with E-state index in [1.807, 2.05) is 6.92 Å². The number of H-pyrrole nitrogens is 1. The molecule has 84 valence electrons. The van der Waals surface area contributed by atoms with Crippen LogP contribution in [0.15, 0.2) is 6.20 Å². The molecule has 3 N–H and O–H groups in total. The monoisotopic (exact) mass is 210 g/mol. The fraction of sp³-hybridized carbons (Fsp3) is 0.600. The van der Waals surface area contributed by atoms with Crippen LogP contribution in [0, 0.1) is 0 Å². The molecule has 1 aromatic rings. The second-order valence-corrected chi connectivity index (χ2v) is 3.75. The highest BCUT2D eigenvalue weighted by molar-refractivity contribution is 5.96. The van der Waals surface area contributed by atoms with Gasteiger partial charge in [-0.15, -0.1) is 0 Å². The molecule has 0 aliphatic heterocycles. The quantitative estimate of drug-likeness (QED) is 0.785. The molecule has 5 heteroatoms. The van der Waals surface area contributed by atoms with Crippen molar-refractivity contribution in [3.63, 3.8) is 0 Å². The Balaban J connectivity index is 2.73. The molecule has 5 nitrogen and oxygen atoms in total. The van der Waals surface area contributed by atoms with Crippen molar-refractivity contribution in [2.45, 2.75) is 32.7 Å². The first-order valence-electron chi connectivity index (χ1n) is 5.14. The zero-order chi connectivity index (χ0) is 11.4. The molecule has 0 saturated heterocycles. The van der Waals surface area contributed by atoms with Crippen LogP contribution in [0.1, 0.15) is 37.2 Å². The van der Waals surface area contributed by atoms with Crippen LogP contribution in [0.5, 0.6) is 0 Å². The predicted octanol–water partition coefficient (Wildman–Crippen LogP) is 1.25. The van der Waals surface area contributed by atoms with Gasteiger partial charge < -0.3 is 10.6 Å². The van der Waals surface area contributed by atoms with Gasteiger partial charge in [-0.3, -0.25) is 9.89 Å². The van der Waals surface area contributed by atoms with Crippen LogP contribution in [-0.4, -0.2) is 34.1 Å². The van der Waals surface area contributed by atoms with E-state index in [0.29, 0.717) is 11.4 Å². The molecular formula is C10H18N4O. The number of nitrogen functional groups attached to an aromatic ring is 1. The molecule has 0 aliphatic rings. The van der Waals surface area contributed by atoms with E-state index in [0.717, 1.165) is 12.8 Å². The number of aromatic amines is 1. The third kappa shape index (κ3) is 2.49. The van der Waals surface area contributed by atoms with E-state index in [2.05, 4.69) is 17.1 Å². The lowest BCUT2D eigenvalue weighted by molar-refractivity contribution is 0.0732. The molecule has 1 atom stereocenters. The highest BCUT2D eigenvalue weighted by atomic mass is 16.2. The van der Waals surface area contributed by atoms with Gasteiger partial charge in [-0.2, -0.15) is 5.10 Å².